The van der Waals surface area contributed by atoms with Crippen molar-refractivity contribution in [2.45, 2.75) is 59.8 Å². The lowest BCUT2D eigenvalue weighted by atomic mass is 10.2. The average Bonchev–Trinajstić information content (AvgIpc) is 2.28. The van der Waals surface area contributed by atoms with Gasteiger partial charge in [0.1, 0.15) is 5.78 Å². The lowest BCUT2D eigenvalue weighted by molar-refractivity contribution is -0.909. The predicted octanol–water partition coefficient (Wildman–Crippen LogP) is 1.77. The molecule has 0 amide bonds. The van der Waals surface area contributed by atoms with E-state index in [1.165, 1.54) is 50.3 Å². The summed E-state index contributed by atoms with van der Waals surface area (Å²) in [6.07, 6.45) is 3.88. The molecule has 4 heteroatoms. The Balaban J connectivity index is 0. The number of hydrogen-bond acceptors (Lipinski definition) is 3. The van der Waals surface area contributed by atoms with Gasteiger partial charge in [0.25, 0.3) is 0 Å². The van der Waals surface area contributed by atoms with Crippen LogP contribution in [0.1, 0.15) is 59.8 Å². The van der Waals surface area contributed by atoms with Gasteiger partial charge in [0.05, 0.1) is 26.7 Å². The molecule has 0 fully saturated rings. The minimum absolute atomic E-state index is 0.0856. The van der Waals surface area contributed by atoms with E-state index in [-0.39, 0.29) is 18.6 Å². The Bertz CT molecular complexity index is 221. The Hall–Kier alpha value is -0.900. The highest BCUT2D eigenvalue weighted by Gasteiger charge is 2.16. The average molecular weight is 273 g/mol. The first kappa shape index (κ1) is 20.4. The molecule has 0 aliphatic heterocycles. The first-order valence-electron chi connectivity index (χ1n) is 7.34. The zero-order chi connectivity index (χ0) is 15.3. The van der Waals surface area contributed by atoms with Gasteiger partial charge in [0.15, 0.2) is 0 Å². The molecule has 0 saturated carbocycles. The summed E-state index contributed by atoms with van der Waals surface area (Å²) in [4.78, 5) is 19.7. The van der Waals surface area contributed by atoms with E-state index in [0.717, 1.165) is 0 Å². The smallest absolute Gasteiger partial charge is 0.130 e. The van der Waals surface area contributed by atoms with Crippen LogP contribution in [0.3, 0.4) is 0 Å². The van der Waals surface area contributed by atoms with Gasteiger partial charge >= 0.3 is 0 Å². The second-order valence-corrected chi connectivity index (χ2v) is 5.36. The third-order valence-corrected chi connectivity index (χ3v) is 2.97. The number of ketones is 1. The number of carbonyl (C=O) groups is 2. The monoisotopic (exact) mass is 273 g/mol. The quantitative estimate of drug-likeness (QED) is 0.602. The molecule has 0 N–H and O–H groups in total. The molecule has 0 aromatic heterocycles. The van der Waals surface area contributed by atoms with E-state index in [4.69, 9.17) is 0 Å². The van der Waals surface area contributed by atoms with E-state index in [9.17, 15) is 14.7 Å². The van der Waals surface area contributed by atoms with Crippen LogP contribution in [0.2, 0.25) is 0 Å². The highest BCUT2D eigenvalue weighted by Crippen LogP contribution is 2.06. The zero-order valence-corrected chi connectivity index (χ0v) is 13.3. The van der Waals surface area contributed by atoms with E-state index in [1.54, 1.807) is 0 Å². The number of hydrogen-bond donors (Lipinski definition) is 0. The Labute approximate surface area is 118 Å². The Morgan fingerprint density at radius 1 is 0.895 bits per heavy atom. The molecular formula is C15H31NO3. The molecule has 0 aromatic rings. The van der Waals surface area contributed by atoms with Crippen molar-refractivity contribution < 1.29 is 19.2 Å². The van der Waals surface area contributed by atoms with Crippen LogP contribution in [0.25, 0.3) is 0 Å². The van der Waals surface area contributed by atoms with Gasteiger partial charge in [-0.3, -0.25) is 0 Å². The normalized spacial score (nSPS) is 10.6. The van der Waals surface area contributed by atoms with Gasteiger partial charge in [-0.15, -0.1) is 0 Å². The molecule has 0 aliphatic rings. The third kappa shape index (κ3) is 15.0. The van der Waals surface area contributed by atoms with Crippen LogP contribution >= 0.6 is 0 Å². The Kier molecular flexibility index (Phi) is 13.1. The number of quaternary nitrogens is 1. The van der Waals surface area contributed by atoms with Gasteiger partial charge in [-0.25, -0.2) is 0 Å². The first-order chi connectivity index (χ1) is 8.81. The molecule has 0 aliphatic carbocycles. The molecule has 0 rings (SSSR count). The highest BCUT2D eigenvalue weighted by molar-refractivity contribution is 5.79. The summed E-state index contributed by atoms with van der Waals surface area (Å²) in [5.74, 6) is -1.28. The van der Waals surface area contributed by atoms with Crippen molar-refractivity contribution in [1.82, 2.24) is 0 Å². The van der Waals surface area contributed by atoms with E-state index in [1.807, 2.05) is 0 Å². The molecule has 19 heavy (non-hydrogen) atoms. The zero-order valence-electron chi connectivity index (χ0n) is 13.3. The summed E-state index contributed by atoms with van der Waals surface area (Å²) < 4.78 is 1.28. The van der Waals surface area contributed by atoms with E-state index >= 15 is 0 Å². The fourth-order valence-electron chi connectivity index (χ4n) is 2.23. The fourth-order valence-corrected chi connectivity index (χ4v) is 2.23. The number of aliphatic carboxylic acids is 1. The van der Waals surface area contributed by atoms with Crippen molar-refractivity contribution >= 4 is 11.8 Å². The van der Waals surface area contributed by atoms with Crippen LogP contribution in [0, 0.1) is 0 Å². The maximum Gasteiger partial charge on any atom is 0.130 e. The standard InChI is InChI=1S/C10H24N.C5H8O3/c1-5-8-11(4,9-6-2)10-7-3;1-4(6)2-3-5(7)8/h5-10H2,1-4H3;2-3H2,1H3,(H,7,8)/q+1;/p-1. The number of carbonyl (C=O) groups excluding carboxylic acids is 2. The number of rotatable bonds is 9. The molecule has 0 radical (unpaired) electrons. The van der Waals surface area contributed by atoms with Crippen molar-refractivity contribution in [2.24, 2.45) is 0 Å². The third-order valence-electron chi connectivity index (χ3n) is 2.97. The molecule has 0 saturated heterocycles. The first-order valence-corrected chi connectivity index (χ1v) is 7.34. The van der Waals surface area contributed by atoms with Crippen molar-refractivity contribution in [3.63, 3.8) is 0 Å². The number of nitrogens with zero attached hydrogens (tertiary/aromatic N) is 1. The SMILES string of the molecule is CC(=O)CCC(=O)[O-].CCC[N+](C)(CCC)CCC. The summed E-state index contributed by atoms with van der Waals surface area (Å²) in [6.45, 7) is 12.2. The molecule has 0 unspecified atom stereocenters. The molecule has 4 nitrogen and oxygen atoms in total. The van der Waals surface area contributed by atoms with E-state index in [0.29, 0.717) is 0 Å². The maximum absolute atomic E-state index is 10.1. The fraction of sp³-hybridized carbons (Fsp3) is 0.867. The van der Waals surface area contributed by atoms with Gasteiger partial charge in [0.2, 0.25) is 0 Å². The minimum Gasteiger partial charge on any atom is -0.550 e. The summed E-state index contributed by atoms with van der Waals surface area (Å²) >= 11 is 0. The van der Waals surface area contributed by atoms with Gasteiger partial charge in [-0.05, 0) is 32.6 Å². The predicted molar refractivity (Wildman–Crippen MR) is 76.6 cm³/mol. The second-order valence-electron chi connectivity index (χ2n) is 5.36. The van der Waals surface area contributed by atoms with Crippen LogP contribution in [0.5, 0.6) is 0 Å². The molecule has 114 valence electrons. The topological polar surface area (TPSA) is 57.2 Å². The van der Waals surface area contributed by atoms with Crippen molar-refractivity contribution in [3.8, 4) is 0 Å². The van der Waals surface area contributed by atoms with Gasteiger partial charge in [-0.1, -0.05) is 20.8 Å². The Morgan fingerprint density at radius 3 is 1.42 bits per heavy atom. The molecule has 0 aromatic carbocycles. The van der Waals surface area contributed by atoms with Gasteiger partial charge in [0, 0.05) is 12.4 Å². The maximum atomic E-state index is 10.1. The summed E-state index contributed by atoms with van der Waals surface area (Å²) in [5.41, 5.74) is 0. The summed E-state index contributed by atoms with van der Waals surface area (Å²) in [7, 11) is 2.39. The lowest BCUT2D eigenvalue weighted by Gasteiger charge is -2.33. The molecule has 0 spiro atoms. The van der Waals surface area contributed by atoms with Crippen LogP contribution in [0.15, 0.2) is 0 Å². The largest absolute Gasteiger partial charge is 0.550 e. The second kappa shape index (κ2) is 12.2. The van der Waals surface area contributed by atoms with Crippen molar-refractivity contribution in [2.75, 3.05) is 26.7 Å². The molecular weight excluding hydrogens is 242 g/mol. The highest BCUT2D eigenvalue weighted by atomic mass is 16.4. The molecule has 0 bridgehead atoms. The van der Waals surface area contributed by atoms with Crippen LogP contribution in [-0.2, 0) is 9.59 Å². The van der Waals surface area contributed by atoms with Crippen molar-refractivity contribution in [1.29, 1.82) is 0 Å². The van der Waals surface area contributed by atoms with Crippen molar-refractivity contribution in [3.05, 3.63) is 0 Å². The summed E-state index contributed by atoms with van der Waals surface area (Å²) in [5, 5.41) is 9.64. The van der Waals surface area contributed by atoms with Crippen LogP contribution in [-0.4, -0.2) is 42.9 Å². The lowest BCUT2D eigenvalue weighted by Crippen LogP contribution is -2.45. The minimum atomic E-state index is -1.17. The number of carboxylic acids is 1. The van der Waals surface area contributed by atoms with E-state index < -0.39 is 5.97 Å². The van der Waals surface area contributed by atoms with Gasteiger partial charge in [-0.2, -0.15) is 0 Å². The number of carboxylic acid groups (broad SMARTS) is 1. The van der Waals surface area contributed by atoms with Gasteiger partial charge < -0.3 is 19.2 Å². The Morgan fingerprint density at radius 2 is 1.26 bits per heavy atom. The van der Waals surface area contributed by atoms with Crippen LogP contribution < -0.4 is 5.11 Å². The summed E-state index contributed by atoms with van der Waals surface area (Å²) in [6, 6.07) is 0. The van der Waals surface area contributed by atoms with Crippen LogP contribution in [0.4, 0.5) is 0 Å². The van der Waals surface area contributed by atoms with E-state index in [2.05, 4.69) is 27.8 Å². The molecule has 0 heterocycles. The number of Topliss-reactive ketones (excluding diaryl/α,β-unsaturated/α-hetero) is 1. The molecule has 0 atom stereocenters.